The van der Waals surface area contributed by atoms with E-state index in [2.05, 4.69) is 20.1 Å². The van der Waals surface area contributed by atoms with Crippen molar-refractivity contribution in [1.29, 1.82) is 0 Å². The van der Waals surface area contributed by atoms with Gasteiger partial charge >= 0.3 is 0 Å². The number of aromatic nitrogens is 1. The summed E-state index contributed by atoms with van der Waals surface area (Å²) in [6.45, 7) is 10.3. The van der Waals surface area contributed by atoms with E-state index in [0.29, 0.717) is 11.3 Å². The summed E-state index contributed by atoms with van der Waals surface area (Å²) in [5.74, 6) is 1.07. The van der Waals surface area contributed by atoms with Crippen LogP contribution in [0, 0.1) is 12.8 Å². The number of rotatable bonds is 6. The molecule has 1 aliphatic heterocycles. The van der Waals surface area contributed by atoms with Crippen molar-refractivity contribution in [3.63, 3.8) is 0 Å². The van der Waals surface area contributed by atoms with Crippen LogP contribution in [0.5, 0.6) is 0 Å². The topological polar surface area (TPSA) is 68.7 Å². The molecule has 0 saturated carbocycles. The molecule has 0 aliphatic carbocycles. The second kappa shape index (κ2) is 9.17. The van der Waals surface area contributed by atoms with Crippen LogP contribution < -0.4 is 10.2 Å². The number of nitrogens with one attached hydrogen (secondary N) is 1. The van der Waals surface area contributed by atoms with E-state index >= 15 is 0 Å². The molecule has 0 spiro atoms. The van der Waals surface area contributed by atoms with Gasteiger partial charge in [-0.05, 0) is 36.6 Å². The highest BCUT2D eigenvalue weighted by Crippen LogP contribution is 2.18. The number of amides is 1. The Morgan fingerprint density at radius 1 is 1.14 bits per heavy atom. The number of hydrogen-bond donors (Lipinski definition) is 2. The summed E-state index contributed by atoms with van der Waals surface area (Å²) in [6, 6.07) is 11.4. The normalized spacial score (nSPS) is 16.2. The SMILES string of the molecule is Cc1ccccc1C(=O)Nc1ccc(N2CCN(CC(O)C(C)C)CC2)nc1. The third kappa shape index (κ3) is 5.09. The van der Waals surface area contributed by atoms with Crippen LogP contribution in [0.3, 0.4) is 0 Å². The molecule has 1 amide bonds. The summed E-state index contributed by atoms with van der Waals surface area (Å²) in [5.41, 5.74) is 2.31. The van der Waals surface area contributed by atoms with Gasteiger partial charge in [0.05, 0.1) is 18.0 Å². The number of anilines is 2. The first-order chi connectivity index (χ1) is 13.4. The van der Waals surface area contributed by atoms with E-state index in [9.17, 15) is 9.90 Å². The minimum absolute atomic E-state index is 0.120. The highest BCUT2D eigenvalue weighted by Gasteiger charge is 2.21. The Bertz CT molecular complexity index is 783. The molecule has 3 rings (SSSR count). The summed E-state index contributed by atoms with van der Waals surface area (Å²) in [6.07, 6.45) is 1.43. The predicted octanol–water partition coefficient (Wildman–Crippen LogP) is 2.78. The van der Waals surface area contributed by atoms with Crippen LogP contribution in [0.15, 0.2) is 42.6 Å². The van der Waals surface area contributed by atoms with Gasteiger partial charge in [-0.1, -0.05) is 32.0 Å². The quantitative estimate of drug-likeness (QED) is 0.804. The van der Waals surface area contributed by atoms with Gasteiger partial charge in [0.15, 0.2) is 0 Å². The molecule has 0 bridgehead atoms. The number of aryl methyl sites for hydroxylation is 1. The molecule has 1 fully saturated rings. The molecule has 6 nitrogen and oxygen atoms in total. The van der Waals surface area contributed by atoms with Gasteiger partial charge in [-0.2, -0.15) is 0 Å². The largest absolute Gasteiger partial charge is 0.392 e. The first kappa shape index (κ1) is 20.3. The van der Waals surface area contributed by atoms with Crippen LogP contribution in [-0.4, -0.2) is 59.7 Å². The standard InChI is InChI=1S/C22H30N4O2/c1-16(2)20(27)15-25-10-12-26(13-11-25)21-9-8-18(14-23-21)24-22(28)19-7-5-4-6-17(19)3/h4-9,14,16,20,27H,10-13,15H2,1-3H3,(H,24,28). The van der Waals surface area contributed by atoms with E-state index in [1.807, 2.05) is 57.2 Å². The number of carbonyl (C=O) groups is 1. The second-order valence-electron chi connectivity index (χ2n) is 7.77. The molecule has 1 unspecified atom stereocenters. The molecule has 2 aromatic rings. The maximum absolute atomic E-state index is 12.4. The first-order valence-electron chi connectivity index (χ1n) is 9.92. The highest BCUT2D eigenvalue weighted by atomic mass is 16.3. The van der Waals surface area contributed by atoms with Crippen LogP contribution >= 0.6 is 0 Å². The van der Waals surface area contributed by atoms with Gasteiger partial charge in [-0.25, -0.2) is 4.98 Å². The van der Waals surface area contributed by atoms with Crippen LogP contribution in [0.1, 0.15) is 29.8 Å². The van der Waals surface area contributed by atoms with E-state index in [1.54, 1.807) is 6.20 Å². The van der Waals surface area contributed by atoms with Gasteiger partial charge in [0, 0.05) is 38.3 Å². The fraction of sp³-hybridized carbons (Fsp3) is 0.455. The maximum atomic E-state index is 12.4. The number of nitrogens with zero attached hydrogens (tertiary/aromatic N) is 3. The first-order valence-corrected chi connectivity index (χ1v) is 9.92. The second-order valence-corrected chi connectivity index (χ2v) is 7.77. The van der Waals surface area contributed by atoms with E-state index in [-0.39, 0.29) is 17.9 Å². The number of piperazine rings is 1. The number of carbonyl (C=O) groups excluding carboxylic acids is 1. The van der Waals surface area contributed by atoms with Gasteiger partial charge in [-0.3, -0.25) is 9.69 Å². The predicted molar refractivity (Wildman–Crippen MR) is 113 cm³/mol. The minimum Gasteiger partial charge on any atom is -0.392 e. The molecule has 0 radical (unpaired) electrons. The van der Waals surface area contributed by atoms with Crippen molar-refractivity contribution >= 4 is 17.4 Å². The van der Waals surface area contributed by atoms with Crippen molar-refractivity contribution < 1.29 is 9.90 Å². The average Bonchev–Trinajstić information content (AvgIpc) is 2.69. The molecule has 150 valence electrons. The molecule has 6 heteroatoms. The van der Waals surface area contributed by atoms with Gasteiger partial charge in [0.1, 0.15) is 5.82 Å². The lowest BCUT2D eigenvalue weighted by Gasteiger charge is -2.36. The van der Waals surface area contributed by atoms with Crippen molar-refractivity contribution in [1.82, 2.24) is 9.88 Å². The molecule has 1 atom stereocenters. The number of aliphatic hydroxyl groups excluding tert-OH is 1. The average molecular weight is 383 g/mol. The van der Waals surface area contributed by atoms with E-state index < -0.39 is 0 Å². The molecular formula is C22H30N4O2. The third-order valence-electron chi connectivity index (χ3n) is 5.31. The molecular weight excluding hydrogens is 352 g/mol. The smallest absolute Gasteiger partial charge is 0.255 e. The number of hydrogen-bond acceptors (Lipinski definition) is 5. The van der Waals surface area contributed by atoms with Crippen molar-refractivity contribution in [2.75, 3.05) is 42.9 Å². The Hall–Kier alpha value is -2.44. The van der Waals surface area contributed by atoms with Crippen LogP contribution in [0.25, 0.3) is 0 Å². The zero-order chi connectivity index (χ0) is 20.1. The van der Waals surface area contributed by atoms with Crippen molar-refractivity contribution in [2.24, 2.45) is 5.92 Å². The molecule has 2 heterocycles. The summed E-state index contributed by atoms with van der Waals surface area (Å²) < 4.78 is 0. The molecule has 1 aliphatic rings. The van der Waals surface area contributed by atoms with Crippen molar-refractivity contribution in [2.45, 2.75) is 26.9 Å². The Morgan fingerprint density at radius 3 is 2.46 bits per heavy atom. The van der Waals surface area contributed by atoms with Crippen LogP contribution in [-0.2, 0) is 0 Å². The zero-order valence-electron chi connectivity index (χ0n) is 16.9. The number of benzene rings is 1. The Labute approximate surface area is 167 Å². The minimum atomic E-state index is -0.277. The van der Waals surface area contributed by atoms with Gasteiger partial charge in [0.2, 0.25) is 0 Å². The lowest BCUT2D eigenvalue weighted by Crippen LogP contribution is -2.49. The Balaban J connectivity index is 1.54. The summed E-state index contributed by atoms with van der Waals surface area (Å²) >= 11 is 0. The fourth-order valence-corrected chi connectivity index (χ4v) is 3.31. The Morgan fingerprint density at radius 2 is 1.86 bits per heavy atom. The fourth-order valence-electron chi connectivity index (χ4n) is 3.31. The van der Waals surface area contributed by atoms with Crippen molar-refractivity contribution in [3.05, 3.63) is 53.7 Å². The van der Waals surface area contributed by atoms with Crippen LogP contribution in [0.4, 0.5) is 11.5 Å². The molecule has 1 saturated heterocycles. The number of pyridine rings is 1. The maximum Gasteiger partial charge on any atom is 0.255 e. The lowest BCUT2D eigenvalue weighted by molar-refractivity contribution is 0.0739. The Kier molecular flexibility index (Phi) is 6.65. The van der Waals surface area contributed by atoms with Gasteiger partial charge < -0.3 is 15.3 Å². The zero-order valence-corrected chi connectivity index (χ0v) is 16.9. The molecule has 28 heavy (non-hydrogen) atoms. The van der Waals surface area contributed by atoms with Crippen LogP contribution in [0.2, 0.25) is 0 Å². The molecule has 1 aromatic carbocycles. The van der Waals surface area contributed by atoms with Crippen molar-refractivity contribution in [3.8, 4) is 0 Å². The third-order valence-corrected chi connectivity index (χ3v) is 5.31. The van der Waals surface area contributed by atoms with Gasteiger partial charge in [-0.15, -0.1) is 0 Å². The molecule has 2 N–H and O–H groups in total. The number of aliphatic hydroxyl groups is 1. The van der Waals surface area contributed by atoms with E-state index in [4.69, 9.17) is 0 Å². The summed E-state index contributed by atoms with van der Waals surface area (Å²) in [7, 11) is 0. The van der Waals surface area contributed by atoms with E-state index in [1.165, 1.54) is 0 Å². The summed E-state index contributed by atoms with van der Waals surface area (Å²) in [4.78, 5) is 21.5. The summed E-state index contributed by atoms with van der Waals surface area (Å²) in [5, 5.41) is 13.0. The van der Waals surface area contributed by atoms with Gasteiger partial charge in [0.25, 0.3) is 5.91 Å². The lowest BCUT2D eigenvalue weighted by atomic mass is 10.1. The molecule has 1 aromatic heterocycles. The monoisotopic (exact) mass is 382 g/mol. The van der Waals surface area contributed by atoms with E-state index in [0.717, 1.165) is 44.1 Å². The number of β-amino-alcohol motifs (C(OH)–C–C–N with tert-alkyl or cyclic N) is 1. The highest BCUT2D eigenvalue weighted by molar-refractivity contribution is 6.05.